The van der Waals surface area contributed by atoms with Crippen molar-refractivity contribution in [2.75, 3.05) is 12.5 Å². The molecule has 9 nitrogen and oxygen atoms in total. The Labute approximate surface area is 255 Å². The van der Waals surface area contributed by atoms with Gasteiger partial charge in [-0.2, -0.15) is 0 Å². The topological polar surface area (TPSA) is 121 Å². The number of thioether (sulfide) groups is 1. The summed E-state index contributed by atoms with van der Waals surface area (Å²) in [6.07, 6.45) is 0.0699. The van der Waals surface area contributed by atoms with Crippen LogP contribution in [0.5, 0.6) is 5.75 Å². The van der Waals surface area contributed by atoms with Gasteiger partial charge in [-0.25, -0.2) is 4.98 Å². The molecule has 2 heterocycles. The van der Waals surface area contributed by atoms with Gasteiger partial charge in [0.25, 0.3) is 11.8 Å². The van der Waals surface area contributed by atoms with Gasteiger partial charge in [0.05, 0.1) is 11.9 Å². The number of carbonyl (C=O) groups is 3. The van der Waals surface area contributed by atoms with Gasteiger partial charge >= 0.3 is 0 Å². The molecule has 3 atom stereocenters. The van der Waals surface area contributed by atoms with Crippen molar-refractivity contribution < 1.29 is 24.2 Å². The molecule has 42 heavy (non-hydrogen) atoms. The Morgan fingerprint density at radius 1 is 1.12 bits per heavy atom. The molecule has 2 aromatic carbocycles. The van der Waals surface area contributed by atoms with Gasteiger partial charge in [0, 0.05) is 17.5 Å². The lowest BCUT2D eigenvalue weighted by Crippen LogP contribution is -2.59. The van der Waals surface area contributed by atoms with Gasteiger partial charge in [-0.05, 0) is 56.0 Å². The van der Waals surface area contributed by atoms with Gasteiger partial charge in [0.1, 0.15) is 6.04 Å². The van der Waals surface area contributed by atoms with Crippen molar-refractivity contribution in [3.05, 3.63) is 94.8 Å². The van der Waals surface area contributed by atoms with Crippen molar-refractivity contribution in [3.8, 4) is 5.75 Å². The minimum atomic E-state index is -1.61. The van der Waals surface area contributed by atoms with Crippen LogP contribution < -0.4 is 15.4 Å². The van der Waals surface area contributed by atoms with Crippen LogP contribution >= 0.6 is 23.4 Å². The van der Waals surface area contributed by atoms with Gasteiger partial charge in [0.2, 0.25) is 5.91 Å². The lowest BCUT2D eigenvalue weighted by molar-refractivity contribution is -0.148. The Bertz CT molecular complexity index is 1410. The summed E-state index contributed by atoms with van der Waals surface area (Å²) in [6.45, 7) is 5.70. The highest BCUT2D eigenvalue weighted by Crippen LogP contribution is 2.40. The number of benzene rings is 2. The number of pyridine rings is 1. The average molecular weight is 611 g/mol. The summed E-state index contributed by atoms with van der Waals surface area (Å²) in [6, 6.07) is 18.4. The first-order valence-corrected chi connectivity index (χ1v) is 14.9. The molecule has 0 spiro atoms. The molecule has 1 saturated heterocycles. The summed E-state index contributed by atoms with van der Waals surface area (Å²) in [5.74, 6) is -1.03. The molecule has 3 N–H and O–H groups in total. The summed E-state index contributed by atoms with van der Waals surface area (Å²) < 4.78 is 4.90. The van der Waals surface area contributed by atoms with E-state index in [4.69, 9.17) is 16.3 Å². The SMILES string of the molecule is Cc1ccccc1CNC(=O)C1N(C(=O)C(O)C(Cc2ccccc2)NC(=O)COc2cccnc2Cl)CSC1(C)C. The Balaban J connectivity index is 1.48. The molecule has 3 amide bonds. The molecule has 222 valence electrons. The number of hydrogen-bond acceptors (Lipinski definition) is 7. The number of carbonyl (C=O) groups excluding carboxylic acids is 3. The number of aliphatic hydroxyl groups excluding tert-OH is 1. The molecule has 0 radical (unpaired) electrons. The highest BCUT2D eigenvalue weighted by Gasteiger charge is 2.49. The zero-order valence-electron chi connectivity index (χ0n) is 23.7. The number of aryl methyl sites for hydroxylation is 1. The maximum atomic E-state index is 13.8. The number of amides is 3. The summed E-state index contributed by atoms with van der Waals surface area (Å²) in [5.41, 5.74) is 2.85. The van der Waals surface area contributed by atoms with E-state index in [9.17, 15) is 19.5 Å². The third-order valence-electron chi connectivity index (χ3n) is 7.15. The quantitative estimate of drug-likeness (QED) is 0.284. The Hall–Kier alpha value is -3.60. The Morgan fingerprint density at radius 2 is 1.83 bits per heavy atom. The van der Waals surface area contributed by atoms with Crippen molar-refractivity contribution in [2.24, 2.45) is 0 Å². The first kappa shape index (κ1) is 31.3. The van der Waals surface area contributed by atoms with Crippen LogP contribution in [0.25, 0.3) is 0 Å². The van der Waals surface area contributed by atoms with Crippen molar-refractivity contribution in [2.45, 2.75) is 56.7 Å². The van der Waals surface area contributed by atoms with Crippen molar-refractivity contribution >= 4 is 41.1 Å². The third-order valence-corrected chi connectivity index (χ3v) is 8.81. The zero-order valence-corrected chi connectivity index (χ0v) is 25.3. The van der Waals surface area contributed by atoms with Crippen molar-refractivity contribution in [1.29, 1.82) is 0 Å². The second kappa shape index (κ2) is 14.0. The van der Waals surface area contributed by atoms with Crippen LogP contribution in [-0.2, 0) is 27.3 Å². The standard InChI is InChI=1S/C31H35ClN4O5S/c1-20-10-7-8-13-22(20)17-34-29(39)27-31(2,3)42-19-36(27)30(40)26(38)23(16-21-11-5-4-6-12-21)35-25(37)18-41-24-14-9-15-33-28(24)32/h4-15,23,26-27,38H,16-19H2,1-3H3,(H,34,39)(H,35,37). The highest BCUT2D eigenvalue weighted by molar-refractivity contribution is 8.00. The molecule has 3 aromatic rings. The number of rotatable bonds is 11. The van der Waals surface area contributed by atoms with Gasteiger partial charge in [-0.15, -0.1) is 11.8 Å². The lowest BCUT2D eigenvalue weighted by Gasteiger charge is -2.33. The maximum absolute atomic E-state index is 13.8. The summed E-state index contributed by atoms with van der Waals surface area (Å²) >= 11 is 7.48. The van der Waals surface area contributed by atoms with E-state index in [-0.39, 0.29) is 29.1 Å². The molecule has 1 aromatic heterocycles. The number of hydrogen-bond donors (Lipinski definition) is 3. The summed E-state index contributed by atoms with van der Waals surface area (Å²) in [4.78, 5) is 45.5. The van der Waals surface area contributed by atoms with E-state index in [2.05, 4.69) is 15.6 Å². The molecule has 0 bridgehead atoms. The van der Waals surface area contributed by atoms with Crippen molar-refractivity contribution in [1.82, 2.24) is 20.5 Å². The Kier molecular flexibility index (Phi) is 10.5. The fourth-order valence-corrected chi connectivity index (χ4v) is 6.14. The number of halogens is 1. The van der Waals surface area contributed by atoms with E-state index in [0.717, 1.165) is 16.7 Å². The predicted octanol–water partition coefficient (Wildman–Crippen LogP) is 3.51. The van der Waals surface area contributed by atoms with E-state index in [1.807, 2.05) is 75.4 Å². The fraction of sp³-hybridized carbons (Fsp3) is 0.355. The van der Waals surface area contributed by atoms with Gasteiger partial charge in [-0.3, -0.25) is 14.4 Å². The fourth-order valence-electron chi connectivity index (χ4n) is 4.82. The molecular weight excluding hydrogens is 576 g/mol. The highest BCUT2D eigenvalue weighted by atomic mass is 35.5. The largest absolute Gasteiger partial charge is 0.481 e. The minimum Gasteiger partial charge on any atom is -0.481 e. The molecule has 0 saturated carbocycles. The molecule has 4 rings (SSSR count). The number of aliphatic hydroxyl groups is 1. The van der Waals surface area contributed by atoms with E-state index in [1.54, 1.807) is 12.1 Å². The summed E-state index contributed by atoms with van der Waals surface area (Å²) in [7, 11) is 0. The smallest absolute Gasteiger partial charge is 0.258 e. The van der Waals surface area contributed by atoms with E-state index >= 15 is 0 Å². The molecule has 3 unspecified atom stereocenters. The molecule has 1 aliphatic rings. The van der Waals surface area contributed by atoms with E-state index in [1.165, 1.54) is 22.9 Å². The number of ether oxygens (including phenoxy) is 1. The van der Waals surface area contributed by atoms with Crippen LogP contribution in [0.4, 0.5) is 0 Å². The van der Waals surface area contributed by atoms with E-state index < -0.39 is 41.4 Å². The molecule has 1 fully saturated rings. The second-order valence-corrected chi connectivity index (χ2v) is 12.6. The monoisotopic (exact) mass is 610 g/mol. The lowest BCUT2D eigenvalue weighted by atomic mass is 9.97. The molecule has 11 heteroatoms. The van der Waals surface area contributed by atoms with Gasteiger partial charge in [-0.1, -0.05) is 66.2 Å². The molecule has 1 aliphatic heterocycles. The number of nitrogens with zero attached hydrogens (tertiary/aromatic N) is 2. The third kappa shape index (κ3) is 7.81. The second-order valence-electron chi connectivity index (χ2n) is 10.6. The average Bonchev–Trinajstić information content (AvgIpc) is 3.30. The van der Waals surface area contributed by atoms with Crippen LogP contribution in [-0.4, -0.2) is 68.1 Å². The molecule has 0 aliphatic carbocycles. The first-order chi connectivity index (χ1) is 20.1. The maximum Gasteiger partial charge on any atom is 0.258 e. The molecular formula is C31H35ClN4O5S. The Morgan fingerprint density at radius 3 is 2.55 bits per heavy atom. The predicted molar refractivity (Wildman–Crippen MR) is 163 cm³/mol. The minimum absolute atomic E-state index is 0.113. The normalized spacial score (nSPS) is 17.3. The number of aromatic nitrogens is 1. The van der Waals surface area contributed by atoms with E-state index in [0.29, 0.717) is 6.54 Å². The zero-order chi connectivity index (χ0) is 30.3. The van der Waals surface area contributed by atoms with Crippen LogP contribution in [0.15, 0.2) is 72.9 Å². The van der Waals surface area contributed by atoms with Crippen LogP contribution in [0.1, 0.15) is 30.5 Å². The van der Waals surface area contributed by atoms with Gasteiger partial charge in [0.15, 0.2) is 23.6 Å². The van der Waals surface area contributed by atoms with Crippen LogP contribution in [0.2, 0.25) is 5.15 Å². The van der Waals surface area contributed by atoms with Crippen molar-refractivity contribution in [3.63, 3.8) is 0 Å². The first-order valence-electron chi connectivity index (χ1n) is 13.6. The van der Waals surface area contributed by atoms with Gasteiger partial charge < -0.3 is 25.4 Å². The number of nitrogens with one attached hydrogen (secondary N) is 2. The van der Waals surface area contributed by atoms with Crippen LogP contribution in [0, 0.1) is 6.92 Å². The van der Waals surface area contributed by atoms with Crippen LogP contribution in [0.3, 0.4) is 0 Å². The summed E-state index contributed by atoms with van der Waals surface area (Å²) in [5, 5.41) is 17.2.